The van der Waals surface area contributed by atoms with E-state index in [0.717, 1.165) is 6.07 Å². The van der Waals surface area contributed by atoms with Crippen molar-refractivity contribution < 1.29 is 18.7 Å². The maximum Gasteiger partial charge on any atom is 0.303 e. The van der Waals surface area contributed by atoms with Gasteiger partial charge in [0.05, 0.1) is 0 Å². The number of hydrogen-bond donors (Lipinski definition) is 2. The van der Waals surface area contributed by atoms with Crippen molar-refractivity contribution >= 4 is 5.97 Å². The van der Waals surface area contributed by atoms with Crippen LogP contribution in [0.5, 0.6) is 0 Å². The third-order valence-corrected chi connectivity index (χ3v) is 2.75. The van der Waals surface area contributed by atoms with E-state index in [-0.39, 0.29) is 18.5 Å². The summed E-state index contributed by atoms with van der Waals surface area (Å²) in [4.78, 5) is 10.4. The minimum absolute atomic E-state index is 0.0550. The molecule has 0 radical (unpaired) electrons. The smallest absolute Gasteiger partial charge is 0.303 e. The van der Waals surface area contributed by atoms with Crippen LogP contribution in [0.1, 0.15) is 38.3 Å². The predicted molar refractivity (Wildman–Crippen MR) is 64.2 cm³/mol. The lowest BCUT2D eigenvalue weighted by Gasteiger charge is -2.20. The number of carbonyl (C=O) groups is 1. The highest BCUT2D eigenvalue weighted by Crippen LogP contribution is 2.18. The van der Waals surface area contributed by atoms with Gasteiger partial charge >= 0.3 is 5.97 Å². The molecule has 1 rings (SSSR count). The first-order valence-corrected chi connectivity index (χ1v) is 5.83. The summed E-state index contributed by atoms with van der Waals surface area (Å²) in [5.74, 6) is -2.06. The summed E-state index contributed by atoms with van der Waals surface area (Å²) >= 11 is 0. The average molecular weight is 257 g/mol. The standard InChI is InChI=1S/C13H17F2NO2/c1-8(3-6-13(17)18)16-9(2)11-5-4-10(14)7-12(11)15/h4-5,7-9,16H,3,6H2,1-2H3,(H,17,18). The molecule has 0 saturated heterocycles. The number of benzene rings is 1. The van der Waals surface area contributed by atoms with Gasteiger partial charge in [0, 0.05) is 30.1 Å². The molecule has 0 spiro atoms. The van der Waals surface area contributed by atoms with Crippen molar-refractivity contribution in [2.75, 3.05) is 0 Å². The van der Waals surface area contributed by atoms with Crippen LogP contribution in [-0.2, 0) is 4.79 Å². The fraction of sp³-hybridized carbons (Fsp3) is 0.462. The molecule has 0 fully saturated rings. The summed E-state index contributed by atoms with van der Waals surface area (Å²) in [5.41, 5.74) is 0.374. The molecule has 2 unspecified atom stereocenters. The van der Waals surface area contributed by atoms with E-state index in [2.05, 4.69) is 5.32 Å². The van der Waals surface area contributed by atoms with Crippen LogP contribution in [-0.4, -0.2) is 17.1 Å². The molecule has 3 nitrogen and oxygen atoms in total. The number of carboxylic acid groups (broad SMARTS) is 1. The molecule has 1 aromatic carbocycles. The van der Waals surface area contributed by atoms with Crippen molar-refractivity contribution in [2.45, 2.75) is 38.8 Å². The van der Waals surface area contributed by atoms with Crippen molar-refractivity contribution in [1.82, 2.24) is 5.32 Å². The normalized spacial score (nSPS) is 14.2. The van der Waals surface area contributed by atoms with Gasteiger partial charge in [-0.1, -0.05) is 6.07 Å². The quantitative estimate of drug-likeness (QED) is 0.823. The lowest BCUT2D eigenvalue weighted by molar-refractivity contribution is -0.137. The average Bonchev–Trinajstić information content (AvgIpc) is 2.26. The molecule has 0 aliphatic carbocycles. The van der Waals surface area contributed by atoms with E-state index in [1.807, 2.05) is 6.92 Å². The molecular formula is C13H17F2NO2. The zero-order chi connectivity index (χ0) is 13.7. The Balaban J connectivity index is 2.59. The number of rotatable bonds is 6. The summed E-state index contributed by atoms with van der Waals surface area (Å²) in [5, 5.41) is 11.6. The van der Waals surface area contributed by atoms with Crippen LogP contribution >= 0.6 is 0 Å². The molecule has 2 atom stereocenters. The van der Waals surface area contributed by atoms with Crippen LogP contribution in [0.25, 0.3) is 0 Å². The minimum atomic E-state index is -0.857. The van der Waals surface area contributed by atoms with E-state index in [0.29, 0.717) is 12.0 Å². The van der Waals surface area contributed by atoms with Gasteiger partial charge in [0.1, 0.15) is 11.6 Å². The van der Waals surface area contributed by atoms with Gasteiger partial charge in [0.2, 0.25) is 0 Å². The first-order chi connectivity index (χ1) is 8.40. The first-order valence-electron chi connectivity index (χ1n) is 5.83. The second kappa shape index (κ2) is 6.44. The van der Waals surface area contributed by atoms with E-state index < -0.39 is 17.6 Å². The van der Waals surface area contributed by atoms with Gasteiger partial charge in [-0.3, -0.25) is 4.79 Å². The lowest BCUT2D eigenvalue weighted by Crippen LogP contribution is -2.30. The Bertz CT molecular complexity index is 423. The Morgan fingerprint density at radius 3 is 2.61 bits per heavy atom. The Kier molecular flexibility index (Phi) is 5.22. The molecule has 1 aromatic rings. The minimum Gasteiger partial charge on any atom is -0.481 e. The number of halogens is 2. The van der Waals surface area contributed by atoms with Gasteiger partial charge in [0.15, 0.2) is 0 Å². The van der Waals surface area contributed by atoms with Gasteiger partial charge < -0.3 is 10.4 Å². The highest BCUT2D eigenvalue weighted by atomic mass is 19.1. The Hall–Kier alpha value is -1.49. The van der Waals surface area contributed by atoms with Crippen molar-refractivity contribution in [3.05, 3.63) is 35.4 Å². The molecule has 0 aromatic heterocycles. The highest BCUT2D eigenvalue weighted by molar-refractivity contribution is 5.66. The second-order valence-electron chi connectivity index (χ2n) is 4.39. The van der Waals surface area contributed by atoms with E-state index in [4.69, 9.17) is 5.11 Å². The highest BCUT2D eigenvalue weighted by Gasteiger charge is 2.14. The van der Waals surface area contributed by atoms with Crippen molar-refractivity contribution in [3.63, 3.8) is 0 Å². The number of carboxylic acids is 1. The lowest BCUT2D eigenvalue weighted by atomic mass is 10.1. The van der Waals surface area contributed by atoms with E-state index in [1.54, 1.807) is 6.92 Å². The van der Waals surface area contributed by atoms with E-state index in [9.17, 15) is 13.6 Å². The molecule has 5 heteroatoms. The molecule has 18 heavy (non-hydrogen) atoms. The molecule has 100 valence electrons. The maximum absolute atomic E-state index is 13.5. The van der Waals surface area contributed by atoms with Gasteiger partial charge in [-0.15, -0.1) is 0 Å². The van der Waals surface area contributed by atoms with E-state index >= 15 is 0 Å². The fourth-order valence-electron chi connectivity index (χ4n) is 1.79. The SMILES string of the molecule is CC(CCC(=O)O)NC(C)c1ccc(F)cc1F. The Morgan fingerprint density at radius 1 is 1.39 bits per heavy atom. The largest absolute Gasteiger partial charge is 0.481 e. The summed E-state index contributed by atoms with van der Waals surface area (Å²) in [7, 11) is 0. The summed E-state index contributed by atoms with van der Waals surface area (Å²) < 4.78 is 26.2. The van der Waals surface area contributed by atoms with Crippen molar-refractivity contribution in [1.29, 1.82) is 0 Å². The van der Waals surface area contributed by atoms with Crippen LogP contribution in [0.4, 0.5) is 8.78 Å². The molecule has 0 aliphatic heterocycles. The van der Waals surface area contributed by atoms with Crippen LogP contribution < -0.4 is 5.32 Å². The zero-order valence-corrected chi connectivity index (χ0v) is 10.4. The molecule has 0 heterocycles. The molecule has 0 aliphatic rings. The van der Waals surface area contributed by atoms with Gasteiger partial charge in [-0.05, 0) is 26.3 Å². The monoisotopic (exact) mass is 257 g/mol. The summed E-state index contributed by atoms with van der Waals surface area (Å²) in [6.07, 6.45) is 0.523. The fourth-order valence-corrected chi connectivity index (χ4v) is 1.79. The summed E-state index contributed by atoms with van der Waals surface area (Å²) in [6, 6.07) is 3.09. The Labute approximate surface area is 105 Å². The van der Waals surface area contributed by atoms with Crippen LogP contribution in [0.15, 0.2) is 18.2 Å². The molecule has 0 saturated carbocycles. The molecular weight excluding hydrogens is 240 g/mol. The second-order valence-corrected chi connectivity index (χ2v) is 4.39. The topological polar surface area (TPSA) is 49.3 Å². The number of aliphatic carboxylic acids is 1. The molecule has 0 amide bonds. The van der Waals surface area contributed by atoms with Crippen LogP contribution in [0.3, 0.4) is 0 Å². The maximum atomic E-state index is 13.5. The molecule has 0 bridgehead atoms. The van der Waals surface area contributed by atoms with Crippen molar-refractivity contribution in [2.24, 2.45) is 0 Å². The summed E-state index contributed by atoms with van der Waals surface area (Å²) in [6.45, 7) is 3.59. The number of nitrogens with one attached hydrogen (secondary N) is 1. The Morgan fingerprint density at radius 2 is 2.06 bits per heavy atom. The van der Waals surface area contributed by atoms with Crippen molar-refractivity contribution in [3.8, 4) is 0 Å². The third-order valence-electron chi connectivity index (χ3n) is 2.75. The predicted octanol–water partition coefficient (Wildman–Crippen LogP) is 2.87. The zero-order valence-electron chi connectivity index (χ0n) is 10.4. The molecule has 2 N–H and O–H groups in total. The van der Waals surface area contributed by atoms with Gasteiger partial charge in [-0.25, -0.2) is 8.78 Å². The first kappa shape index (κ1) is 14.6. The van der Waals surface area contributed by atoms with Crippen LogP contribution in [0, 0.1) is 11.6 Å². The van der Waals surface area contributed by atoms with Crippen LogP contribution in [0.2, 0.25) is 0 Å². The van der Waals surface area contributed by atoms with Gasteiger partial charge in [0.25, 0.3) is 0 Å². The third kappa shape index (κ3) is 4.41. The van der Waals surface area contributed by atoms with E-state index in [1.165, 1.54) is 12.1 Å². The number of hydrogen-bond acceptors (Lipinski definition) is 2. The van der Waals surface area contributed by atoms with Gasteiger partial charge in [-0.2, -0.15) is 0 Å².